The molecular formula is C63H45N3S. The smallest absolute Gasteiger partial charge is 0.104 e. The molecule has 1 aliphatic heterocycles. The average molecular weight is 876 g/mol. The third-order valence-electron chi connectivity index (χ3n) is 13.0. The predicted molar refractivity (Wildman–Crippen MR) is 282 cm³/mol. The van der Waals surface area contributed by atoms with Gasteiger partial charge in [-0.25, -0.2) is 4.98 Å². The summed E-state index contributed by atoms with van der Waals surface area (Å²) in [5, 5.41) is 10.6. The van der Waals surface area contributed by atoms with Crippen molar-refractivity contribution in [3.63, 3.8) is 0 Å². The van der Waals surface area contributed by atoms with Crippen LogP contribution in [0.3, 0.4) is 0 Å². The number of fused-ring (bicyclic) bond motifs is 3. The average Bonchev–Trinajstić information content (AvgIpc) is 3.80. The van der Waals surface area contributed by atoms with Gasteiger partial charge in [-0.2, -0.15) is 0 Å². The third kappa shape index (κ3) is 7.72. The first-order chi connectivity index (χ1) is 33.2. The Hall–Kier alpha value is -8.15. The lowest BCUT2D eigenvalue weighted by molar-refractivity contribution is 0.443. The van der Waals surface area contributed by atoms with Crippen LogP contribution in [0.25, 0.3) is 92.9 Å². The molecule has 0 radical (unpaired) electrons. The second-order valence-corrected chi connectivity index (χ2v) is 18.1. The summed E-state index contributed by atoms with van der Waals surface area (Å²) in [6, 6.07) is 87.2. The summed E-state index contributed by atoms with van der Waals surface area (Å²) in [7, 11) is 0. The monoisotopic (exact) mass is 875 g/mol. The highest BCUT2D eigenvalue weighted by atomic mass is 32.1. The molecule has 0 spiro atoms. The van der Waals surface area contributed by atoms with Crippen LogP contribution in [0.5, 0.6) is 0 Å². The van der Waals surface area contributed by atoms with Gasteiger partial charge in [-0.3, -0.25) is 5.32 Å². The summed E-state index contributed by atoms with van der Waals surface area (Å²) in [5.74, 6) is 0. The first-order valence-corrected chi connectivity index (χ1v) is 23.8. The number of thiophene rings is 1. The van der Waals surface area contributed by atoms with E-state index in [4.69, 9.17) is 4.98 Å². The summed E-state index contributed by atoms with van der Waals surface area (Å²) in [5.41, 5.74) is 17.7. The maximum atomic E-state index is 5.68. The minimum Gasteiger partial charge on any atom is -0.366 e. The number of nitrogens with zero attached hydrogens (tertiary/aromatic N) is 1. The van der Waals surface area contributed by atoms with Crippen LogP contribution in [0.2, 0.25) is 0 Å². The van der Waals surface area contributed by atoms with Gasteiger partial charge in [0.1, 0.15) is 6.17 Å². The SMILES string of the molecule is C1=C(c2cccc(-c3c(-c4ccccc4)c(-c4ccccc4)nc(-c4ccccc4)c3-c3ccccc3)c2)NC(c2cccc(-c3cccc4c3sc3ccccc34)c2)NC1c1ccccc1. The number of hydrogen-bond acceptors (Lipinski definition) is 4. The minimum absolute atomic E-state index is 0.0455. The van der Waals surface area contributed by atoms with E-state index in [1.54, 1.807) is 0 Å². The van der Waals surface area contributed by atoms with Crippen molar-refractivity contribution in [2.24, 2.45) is 0 Å². The highest BCUT2D eigenvalue weighted by molar-refractivity contribution is 7.26. The van der Waals surface area contributed by atoms with E-state index >= 15 is 0 Å². The van der Waals surface area contributed by atoms with Crippen LogP contribution in [-0.4, -0.2) is 4.98 Å². The van der Waals surface area contributed by atoms with E-state index in [2.05, 4.69) is 259 Å². The second kappa shape index (κ2) is 17.7. The van der Waals surface area contributed by atoms with Crippen LogP contribution < -0.4 is 10.6 Å². The summed E-state index contributed by atoms with van der Waals surface area (Å²) < 4.78 is 2.63. The maximum Gasteiger partial charge on any atom is 0.104 e. The fourth-order valence-corrected chi connectivity index (χ4v) is 11.0. The molecule has 2 N–H and O–H groups in total. The predicted octanol–water partition coefficient (Wildman–Crippen LogP) is 16.4. The fourth-order valence-electron chi connectivity index (χ4n) is 9.81. The van der Waals surface area contributed by atoms with Gasteiger partial charge >= 0.3 is 0 Å². The van der Waals surface area contributed by atoms with Crippen molar-refractivity contribution < 1.29 is 0 Å². The Labute approximate surface area is 395 Å². The second-order valence-electron chi connectivity index (χ2n) is 17.1. The van der Waals surface area contributed by atoms with Gasteiger partial charge in [-0.1, -0.05) is 224 Å². The number of benzene rings is 9. The van der Waals surface area contributed by atoms with Crippen molar-refractivity contribution in [1.29, 1.82) is 0 Å². The number of pyridine rings is 1. The Bertz CT molecular complexity index is 3470. The van der Waals surface area contributed by atoms with Gasteiger partial charge in [0.05, 0.1) is 17.4 Å². The van der Waals surface area contributed by atoms with Crippen molar-refractivity contribution in [3.8, 4) is 67.0 Å². The van der Waals surface area contributed by atoms with Crippen LogP contribution in [-0.2, 0) is 0 Å². The Morgan fingerprint density at radius 3 is 1.52 bits per heavy atom. The van der Waals surface area contributed by atoms with E-state index in [-0.39, 0.29) is 12.2 Å². The van der Waals surface area contributed by atoms with Crippen molar-refractivity contribution in [2.75, 3.05) is 0 Å². The molecule has 2 unspecified atom stereocenters. The van der Waals surface area contributed by atoms with Crippen molar-refractivity contribution in [3.05, 3.63) is 265 Å². The molecule has 0 aliphatic carbocycles. The van der Waals surface area contributed by atoms with Gasteiger partial charge < -0.3 is 5.32 Å². The van der Waals surface area contributed by atoms with E-state index in [9.17, 15) is 0 Å². The lowest BCUT2D eigenvalue weighted by atomic mass is 9.83. The molecule has 2 aromatic heterocycles. The van der Waals surface area contributed by atoms with Gasteiger partial charge in [-0.05, 0) is 68.8 Å². The zero-order valence-corrected chi connectivity index (χ0v) is 37.5. The molecule has 9 aromatic carbocycles. The zero-order chi connectivity index (χ0) is 44.5. The van der Waals surface area contributed by atoms with Crippen LogP contribution in [0.15, 0.2) is 249 Å². The normalized spacial score (nSPS) is 14.7. The minimum atomic E-state index is -0.175. The molecule has 0 fully saturated rings. The molecule has 0 bridgehead atoms. The third-order valence-corrected chi connectivity index (χ3v) is 14.2. The topological polar surface area (TPSA) is 37.0 Å². The lowest BCUT2D eigenvalue weighted by Crippen LogP contribution is -2.39. The lowest BCUT2D eigenvalue weighted by Gasteiger charge is -2.33. The highest BCUT2D eigenvalue weighted by Crippen LogP contribution is 2.49. The Morgan fingerprint density at radius 2 is 0.866 bits per heavy atom. The molecule has 3 nitrogen and oxygen atoms in total. The van der Waals surface area contributed by atoms with Crippen LogP contribution in [0.1, 0.15) is 28.9 Å². The van der Waals surface area contributed by atoms with Crippen molar-refractivity contribution >= 4 is 37.2 Å². The molecule has 3 heterocycles. The first-order valence-electron chi connectivity index (χ1n) is 22.9. The van der Waals surface area contributed by atoms with E-state index < -0.39 is 0 Å². The number of rotatable bonds is 9. The van der Waals surface area contributed by atoms with E-state index in [0.29, 0.717) is 0 Å². The summed E-state index contributed by atoms with van der Waals surface area (Å²) >= 11 is 1.87. The first kappa shape index (κ1) is 40.4. The molecule has 0 saturated carbocycles. The Balaban J connectivity index is 1.04. The van der Waals surface area contributed by atoms with Gasteiger partial charge in [0.15, 0.2) is 0 Å². The van der Waals surface area contributed by atoms with Gasteiger partial charge in [0, 0.05) is 53.7 Å². The van der Waals surface area contributed by atoms with Gasteiger partial charge in [0.2, 0.25) is 0 Å². The van der Waals surface area contributed by atoms with Crippen LogP contribution in [0.4, 0.5) is 0 Å². The van der Waals surface area contributed by atoms with Crippen LogP contribution in [0, 0.1) is 0 Å². The quantitative estimate of drug-likeness (QED) is 0.152. The standard InChI is InChI=1S/C63H45N3S/c1-6-21-42(22-7-1)54-41-55(65-63(64-54)50-34-18-31-47(39-50)51-36-20-37-53-52-35-16-17-38-56(52)67-62(51)53)48-32-19-33-49(40-48)57-58(43-23-8-2-9-24-43)60(45-27-12-4-13-28-45)66-61(46-29-14-5-15-30-46)59(57)44-25-10-3-11-26-44/h1-41,54,63-65H. The van der Waals surface area contributed by atoms with Crippen molar-refractivity contribution in [2.45, 2.75) is 12.2 Å². The molecule has 12 rings (SSSR count). The highest BCUT2D eigenvalue weighted by Gasteiger charge is 2.28. The molecule has 11 aromatic rings. The molecule has 0 saturated heterocycles. The zero-order valence-electron chi connectivity index (χ0n) is 36.7. The number of nitrogens with one attached hydrogen (secondary N) is 2. The molecule has 4 heteroatoms. The van der Waals surface area contributed by atoms with Gasteiger partial charge in [0.25, 0.3) is 0 Å². The van der Waals surface area contributed by atoms with E-state index in [1.165, 1.54) is 42.4 Å². The molecule has 67 heavy (non-hydrogen) atoms. The van der Waals surface area contributed by atoms with Gasteiger partial charge in [-0.15, -0.1) is 11.3 Å². The Kier molecular flexibility index (Phi) is 10.6. The maximum absolute atomic E-state index is 5.68. The number of hydrogen-bond donors (Lipinski definition) is 2. The summed E-state index contributed by atoms with van der Waals surface area (Å²) in [6.07, 6.45) is 2.17. The molecular weight excluding hydrogens is 831 g/mol. The molecule has 1 aliphatic rings. The molecule has 2 atom stereocenters. The number of aromatic nitrogens is 1. The molecule has 318 valence electrons. The van der Waals surface area contributed by atoms with Crippen molar-refractivity contribution in [1.82, 2.24) is 15.6 Å². The van der Waals surface area contributed by atoms with E-state index in [0.717, 1.165) is 67.2 Å². The summed E-state index contributed by atoms with van der Waals surface area (Å²) in [4.78, 5) is 5.68. The Morgan fingerprint density at radius 1 is 0.373 bits per heavy atom. The summed E-state index contributed by atoms with van der Waals surface area (Å²) in [6.45, 7) is 0. The van der Waals surface area contributed by atoms with E-state index in [1.807, 2.05) is 11.3 Å². The fraction of sp³-hybridized carbons (Fsp3) is 0.0317. The molecule has 0 amide bonds. The van der Waals surface area contributed by atoms with Crippen LogP contribution >= 0.6 is 11.3 Å². The largest absolute Gasteiger partial charge is 0.366 e.